The van der Waals surface area contributed by atoms with Crippen LogP contribution in [0.3, 0.4) is 0 Å². The number of anilines is 1. The molecule has 0 atom stereocenters. The number of carbonyl (C=O) groups excluding carboxylic acids is 1. The van der Waals surface area contributed by atoms with Gasteiger partial charge in [-0.15, -0.1) is 0 Å². The van der Waals surface area contributed by atoms with E-state index in [4.69, 9.17) is 0 Å². The molecule has 1 aromatic rings. The average molecular weight is 291 g/mol. The van der Waals surface area contributed by atoms with E-state index >= 15 is 0 Å². The number of hydrogen-bond acceptors (Lipinski definition) is 4. The van der Waals surface area contributed by atoms with Crippen LogP contribution in [0.4, 0.5) is 5.69 Å². The number of likely N-dealkylation sites (tertiary alicyclic amines) is 1. The summed E-state index contributed by atoms with van der Waals surface area (Å²) in [6.45, 7) is 3.41. The minimum atomic E-state index is -0.140. The summed E-state index contributed by atoms with van der Waals surface area (Å²) in [6, 6.07) is 8.00. The zero-order valence-electron chi connectivity index (χ0n) is 12.6. The van der Waals surface area contributed by atoms with Gasteiger partial charge < -0.3 is 15.7 Å². The number of hydrogen-bond donors (Lipinski definition) is 3. The summed E-state index contributed by atoms with van der Waals surface area (Å²) in [5, 5.41) is 15.4. The van der Waals surface area contributed by atoms with Gasteiger partial charge in [-0.2, -0.15) is 0 Å². The number of nitrogens with one attached hydrogen (secondary N) is 2. The fourth-order valence-corrected chi connectivity index (χ4v) is 2.55. The molecule has 1 aliphatic heterocycles. The average Bonchev–Trinajstić information content (AvgIpc) is 2.48. The van der Waals surface area contributed by atoms with E-state index in [2.05, 4.69) is 21.6 Å². The number of aliphatic hydroxyl groups excluding tert-OH is 1. The van der Waals surface area contributed by atoms with E-state index in [1.54, 1.807) is 0 Å². The van der Waals surface area contributed by atoms with Crippen molar-refractivity contribution < 1.29 is 9.90 Å². The summed E-state index contributed by atoms with van der Waals surface area (Å²) in [5.41, 5.74) is 2.04. The zero-order chi connectivity index (χ0) is 15.1. The molecule has 0 unspecified atom stereocenters. The van der Waals surface area contributed by atoms with Crippen LogP contribution < -0.4 is 10.6 Å². The minimum absolute atomic E-state index is 0.0302. The highest BCUT2D eigenvalue weighted by Gasteiger charge is 2.16. The van der Waals surface area contributed by atoms with Gasteiger partial charge in [-0.25, -0.2) is 0 Å². The van der Waals surface area contributed by atoms with Crippen molar-refractivity contribution in [3.8, 4) is 0 Å². The largest absolute Gasteiger partial charge is 0.393 e. The number of rotatable bonds is 6. The van der Waals surface area contributed by atoms with Crippen molar-refractivity contribution in [3.63, 3.8) is 0 Å². The van der Waals surface area contributed by atoms with E-state index < -0.39 is 0 Å². The molecule has 21 heavy (non-hydrogen) atoms. The maximum Gasteiger partial charge on any atom is 0.225 e. The number of aliphatic hydroxyl groups is 1. The van der Waals surface area contributed by atoms with Crippen molar-refractivity contribution >= 4 is 11.6 Å². The maximum atomic E-state index is 11.7. The van der Waals surface area contributed by atoms with E-state index in [1.807, 2.05) is 25.2 Å². The fraction of sp³-hybridized carbons (Fsp3) is 0.562. The van der Waals surface area contributed by atoms with Crippen molar-refractivity contribution in [2.24, 2.45) is 0 Å². The summed E-state index contributed by atoms with van der Waals surface area (Å²) in [4.78, 5) is 14.1. The van der Waals surface area contributed by atoms with Gasteiger partial charge in [-0.3, -0.25) is 9.69 Å². The molecular formula is C16H25N3O2. The lowest BCUT2D eigenvalue weighted by Crippen LogP contribution is -2.35. The normalized spacial score (nSPS) is 16.9. The van der Waals surface area contributed by atoms with E-state index in [-0.39, 0.29) is 12.0 Å². The van der Waals surface area contributed by atoms with Gasteiger partial charge in [0.25, 0.3) is 0 Å². The molecule has 5 heteroatoms. The second kappa shape index (κ2) is 8.12. The van der Waals surface area contributed by atoms with Crippen molar-refractivity contribution in [2.75, 3.05) is 32.0 Å². The number of piperidine rings is 1. The Morgan fingerprint density at radius 1 is 1.38 bits per heavy atom. The lowest BCUT2D eigenvalue weighted by molar-refractivity contribution is -0.116. The molecule has 0 aromatic heterocycles. The first-order valence-electron chi connectivity index (χ1n) is 7.61. The first-order chi connectivity index (χ1) is 10.2. The minimum Gasteiger partial charge on any atom is -0.393 e. The van der Waals surface area contributed by atoms with Crippen molar-refractivity contribution in [3.05, 3.63) is 29.8 Å². The molecule has 0 aliphatic carbocycles. The van der Waals surface area contributed by atoms with Gasteiger partial charge >= 0.3 is 0 Å². The van der Waals surface area contributed by atoms with E-state index in [0.717, 1.165) is 38.2 Å². The summed E-state index contributed by atoms with van der Waals surface area (Å²) >= 11 is 0. The molecular weight excluding hydrogens is 266 g/mol. The first-order valence-corrected chi connectivity index (χ1v) is 7.61. The number of amides is 1. The predicted octanol–water partition coefficient (Wildman–Crippen LogP) is 1.19. The molecule has 1 heterocycles. The third kappa shape index (κ3) is 5.46. The summed E-state index contributed by atoms with van der Waals surface area (Å²) < 4.78 is 0. The Balaban J connectivity index is 1.87. The third-order valence-electron chi connectivity index (χ3n) is 3.78. The lowest BCUT2D eigenvalue weighted by atomic mass is 10.1. The predicted molar refractivity (Wildman–Crippen MR) is 84.1 cm³/mol. The van der Waals surface area contributed by atoms with Gasteiger partial charge in [0.15, 0.2) is 0 Å². The second-order valence-electron chi connectivity index (χ2n) is 5.61. The molecule has 1 saturated heterocycles. The molecule has 5 nitrogen and oxygen atoms in total. The van der Waals surface area contributed by atoms with Gasteiger partial charge in [0.05, 0.1) is 6.10 Å². The van der Waals surface area contributed by atoms with Crippen LogP contribution in [0.5, 0.6) is 0 Å². The molecule has 0 radical (unpaired) electrons. The molecule has 3 N–H and O–H groups in total. The van der Waals surface area contributed by atoms with Crippen LogP contribution in [0.15, 0.2) is 24.3 Å². The number of carbonyl (C=O) groups is 1. The smallest absolute Gasteiger partial charge is 0.225 e. The molecule has 0 saturated carbocycles. The van der Waals surface area contributed by atoms with Gasteiger partial charge in [0.1, 0.15) is 0 Å². The lowest BCUT2D eigenvalue weighted by Gasteiger charge is -2.29. The van der Waals surface area contributed by atoms with Crippen molar-refractivity contribution in [1.29, 1.82) is 0 Å². The Hall–Kier alpha value is -1.43. The number of benzene rings is 1. The van der Waals surface area contributed by atoms with E-state index in [9.17, 15) is 9.90 Å². The molecule has 1 aromatic carbocycles. The highest BCUT2D eigenvalue weighted by molar-refractivity contribution is 5.90. The van der Waals surface area contributed by atoms with Crippen molar-refractivity contribution in [1.82, 2.24) is 10.2 Å². The van der Waals surface area contributed by atoms with Crippen LogP contribution in [0, 0.1) is 0 Å². The molecule has 1 fully saturated rings. The summed E-state index contributed by atoms with van der Waals surface area (Å²) in [5.74, 6) is 0.0302. The maximum absolute atomic E-state index is 11.7. The van der Waals surface area contributed by atoms with Crippen LogP contribution >= 0.6 is 0 Å². The Kier molecular flexibility index (Phi) is 6.17. The SMILES string of the molecule is CNCCC(=O)Nc1cccc(CN2CCC(O)CC2)c1. The van der Waals surface area contributed by atoms with E-state index in [0.29, 0.717) is 13.0 Å². The Bertz CT molecular complexity index is 457. The molecule has 1 aliphatic rings. The van der Waals surface area contributed by atoms with Crippen LogP contribution in [0.2, 0.25) is 0 Å². The molecule has 2 rings (SSSR count). The van der Waals surface area contributed by atoms with Crippen LogP contribution in [0.1, 0.15) is 24.8 Å². The Morgan fingerprint density at radius 2 is 2.14 bits per heavy atom. The van der Waals surface area contributed by atoms with Crippen LogP contribution in [0.25, 0.3) is 0 Å². The molecule has 1 amide bonds. The van der Waals surface area contributed by atoms with Crippen LogP contribution in [-0.4, -0.2) is 48.7 Å². The molecule has 0 bridgehead atoms. The zero-order valence-corrected chi connectivity index (χ0v) is 12.6. The van der Waals surface area contributed by atoms with E-state index in [1.165, 1.54) is 5.56 Å². The quantitative estimate of drug-likeness (QED) is 0.737. The Labute approximate surface area is 126 Å². The Morgan fingerprint density at radius 3 is 2.86 bits per heavy atom. The molecule has 116 valence electrons. The number of nitrogens with zero attached hydrogens (tertiary/aromatic N) is 1. The monoisotopic (exact) mass is 291 g/mol. The topological polar surface area (TPSA) is 64.6 Å². The highest BCUT2D eigenvalue weighted by atomic mass is 16.3. The van der Waals surface area contributed by atoms with Gasteiger partial charge in [-0.05, 0) is 37.6 Å². The van der Waals surface area contributed by atoms with Gasteiger partial charge in [0, 0.05) is 38.3 Å². The highest BCUT2D eigenvalue weighted by Crippen LogP contribution is 2.16. The second-order valence-corrected chi connectivity index (χ2v) is 5.61. The summed E-state index contributed by atoms with van der Waals surface area (Å²) in [6.07, 6.45) is 2.03. The molecule has 0 spiro atoms. The standard InChI is InChI=1S/C16H25N3O2/c1-17-8-5-16(21)18-14-4-2-3-13(11-14)12-19-9-6-15(20)7-10-19/h2-4,11,15,17,20H,5-10,12H2,1H3,(H,18,21). The fourth-order valence-electron chi connectivity index (χ4n) is 2.55. The first kappa shape index (κ1) is 15.9. The van der Waals surface area contributed by atoms with Gasteiger partial charge in [-0.1, -0.05) is 12.1 Å². The third-order valence-corrected chi connectivity index (χ3v) is 3.78. The van der Waals surface area contributed by atoms with Crippen LogP contribution in [-0.2, 0) is 11.3 Å². The summed E-state index contributed by atoms with van der Waals surface area (Å²) in [7, 11) is 1.84. The van der Waals surface area contributed by atoms with Crippen molar-refractivity contribution in [2.45, 2.75) is 31.9 Å². The van der Waals surface area contributed by atoms with Gasteiger partial charge in [0.2, 0.25) is 5.91 Å².